The summed E-state index contributed by atoms with van der Waals surface area (Å²) in [4.78, 5) is 22.6. The normalized spacial score (nSPS) is 10.6. The molecule has 1 amide bonds. The smallest absolute Gasteiger partial charge is 0.292 e. The molecule has 0 spiro atoms. The van der Waals surface area contributed by atoms with Crippen molar-refractivity contribution in [1.29, 1.82) is 0 Å². The van der Waals surface area contributed by atoms with E-state index in [1.165, 1.54) is 22.9 Å². The number of nitrogens with zero attached hydrogens (tertiary/aromatic N) is 5. The van der Waals surface area contributed by atoms with Crippen molar-refractivity contribution in [1.82, 2.24) is 20.2 Å². The van der Waals surface area contributed by atoms with Crippen LogP contribution in [0.4, 0.5) is 11.4 Å². The molecule has 9 nitrogen and oxygen atoms in total. The Morgan fingerprint density at radius 2 is 1.89 bits per heavy atom. The van der Waals surface area contributed by atoms with E-state index in [2.05, 4.69) is 20.8 Å². The Morgan fingerprint density at radius 1 is 1.19 bits per heavy atom. The first-order chi connectivity index (χ1) is 13.0. The summed E-state index contributed by atoms with van der Waals surface area (Å²) in [5.41, 5.74) is 0.317. The van der Waals surface area contributed by atoms with Crippen molar-refractivity contribution in [2.24, 2.45) is 0 Å². The van der Waals surface area contributed by atoms with E-state index >= 15 is 0 Å². The lowest BCUT2D eigenvalue weighted by Gasteiger charge is -2.08. The fourth-order valence-corrected chi connectivity index (χ4v) is 3.39. The third-order valence-corrected chi connectivity index (χ3v) is 4.83. The Balaban J connectivity index is 1.73. The third-order valence-electron chi connectivity index (χ3n) is 3.30. The van der Waals surface area contributed by atoms with E-state index < -0.39 is 10.8 Å². The highest BCUT2D eigenvalue weighted by molar-refractivity contribution is 7.99. The maximum atomic E-state index is 12.2. The summed E-state index contributed by atoms with van der Waals surface area (Å²) < 4.78 is 1.33. The molecule has 12 heteroatoms. The number of halogens is 2. The predicted molar refractivity (Wildman–Crippen MR) is 102 cm³/mol. The minimum absolute atomic E-state index is 0.0749. The molecule has 3 rings (SSSR count). The Labute approximate surface area is 166 Å². The molecule has 0 aliphatic rings. The molecule has 1 N–H and O–H groups in total. The second kappa shape index (κ2) is 8.33. The number of carbonyl (C=O) groups is 1. The van der Waals surface area contributed by atoms with Gasteiger partial charge in [-0.15, -0.1) is 5.10 Å². The van der Waals surface area contributed by atoms with Crippen molar-refractivity contribution in [2.75, 3.05) is 11.1 Å². The highest BCUT2D eigenvalue weighted by Gasteiger charge is 2.18. The van der Waals surface area contributed by atoms with Crippen molar-refractivity contribution >= 4 is 52.2 Å². The summed E-state index contributed by atoms with van der Waals surface area (Å²) in [6.07, 6.45) is 0. The van der Waals surface area contributed by atoms with Gasteiger partial charge in [0.1, 0.15) is 11.4 Å². The zero-order valence-corrected chi connectivity index (χ0v) is 15.7. The number of nitro benzene ring substituents is 1. The van der Waals surface area contributed by atoms with Crippen molar-refractivity contribution < 1.29 is 9.72 Å². The molecule has 0 atom stereocenters. The van der Waals surface area contributed by atoms with Crippen LogP contribution in [0.25, 0.3) is 5.69 Å². The fraction of sp³-hybridized carbons (Fsp3) is 0.0667. The number of thioether (sulfide) groups is 1. The molecular weight excluding hydrogens is 415 g/mol. The maximum Gasteiger partial charge on any atom is 0.292 e. The molecule has 0 aliphatic carbocycles. The first-order valence-electron chi connectivity index (χ1n) is 7.36. The lowest BCUT2D eigenvalue weighted by atomic mass is 10.2. The lowest BCUT2D eigenvalue weighted by Crippen LogP contribution is -2.15. The quantitative estimate of drug-likeness (QED) is 0.364. The largest absolute Gasteiger partial charge is 0.320 e. The molecule has 3 aromatic rings. The molecule has 0 saturated heterocycles. The second-order valence-electron chi connectivity index (χ2n) is 5.05. The number of aromatic nitrogens is 4. The summed E-state index contributed by atoms with van der Waals surface area (Å²) in [5, 5.41) is 25.8. The number of hydrogen-bond acceptors (Lipinski definition) is 7. The molecule has 0 fully saturated rings. The number of hydrogen-bond donors (Lipinski definition) is 1. The molecule has 1 aromatic heterocycles. The second-order valence-corrected chi connectivity index (χ2v) is 6.81. The molecule has 0 bridgehead atoms. The van der Waals surface area contributed by atoms with Gasteiger partial charge in [0, 0.05) is 6.07 Å². The highest BCUT2D eigenvalue weighted by Crippen LogP contribution is 2.30. The Kier molecular flexibility index (Phi) is 5.89. The number of rotatable bonds is 6. The van der Waals surface area contributed by atoms with Crippen LogP contribution in [0, 0.1) is 10.1 Å². The number of tetrazole rings is 1. The van der Waals surface area contributed by atoms with Crippen molar-refractivity contribution in [2.45, 2.75) is 5.16 Å². The van der Waals surface area contributed by atoms with Crippen LogP contribution in [0.15, 0.2) is 47.6 Å². The van der Waals surface area contributed by atoms with Crippen LogP contribution in [0.3, 0.4) is 0 Å². The van der Waals surface area contributed by atoms with E-state index in [1.807, 2.05) is 0 Å². The first kappa shape index (κ1) is 19.1. The summed E-state index contributed by atoms with van der Waals surface area (Å²) >= 11 is 13.3. The van der Waals surface area contributed by atoms with E-state index in [0.29, 0.717) is 20.9 Å². The minimum atomic E-state index is -0.567. The number of nitrogens with one attached hydrogen (secondary N) is 1. The number of carbonyl (C=O) groups excluding carboxylic acids is 1. The van der Waals surface area contributed by atoms with E-state index in [4.69, 9.17) is 23.2 Å². The van der Waals surface area contributed by atoms with Crippen LogP contribution >= 0.6 is 35.0 Å². The summed E-state index contributed by atoms with van der Waals surface area (Å²) in [5.74, 6) is -0.525. The van der Waals surface area contributed by atoms with Gasteiger partial charge in [0.25, 0.3) is 5.69 Å². The third kappa shape index (κ3) is 4.35. The van der Waals surface area contributed by atoms with Crippen LogP contribution < -0.4 is 5.32 Å². The van der Waals surface area contributed by atoms with Crippen LogP contribution in [0.5, 0.6) is 0 Å². The van der Waals surface area contributed by atoms with Crippen molar-refractivity contribution in [3.05, 3.63) is 62.6 Å². The SMILES string of the molecule is O=C(CSc1nnnn1-c1c(Cl)cccc1Cl)Nc1ccccc1[N+](=O)[O-]. The zero-order valence-electron chi connectivity index (χ0n) is 13.4. The molecule has 138 valence electrons. The number of amides is 1. The predicted octanol–water partition coefficient (Wildman–Crippen LogP) is 3.61. The van der Waals surface area contributed by atoms with E-state index in [9.17, 15) is 14.9 Å². The molecule has 0 saturated carbocycles. The van der Waals surface area contributed by atoms with E-state index in [1.54, 1.807) is 24.3 Å². The Bertz CT molecular complexity index is 992. The molecule has 0 unspecified atom stereocenters. The van der Waals surface area contributed by atoms with Gasteiger partial charge in [0.05, 0.1) is 20.7 Å². The van der Waals surface area contributed by atoms with Crippen molar-refractivity contribution in [3.8, 4) is 5.69 Å². The number of para-hydroxylation sites is 3. The molecule has 27 heavy (non-hydrogen) atoms. The van der Waals surface area contributed by atoms with Crippen LogP contribution in [-0.2, 0) is 4.79 Å². The standard InChI is InChI=1S/C15H10Cl2N6O3S/c16-9-4-3-5-10(17)14(9)22-15(19-20-21-22)27-8-13(24)18-11-6-1-2-7-12(11)23(25)26/h1-7H,8H2,(H,18,24). The highest BCUT2D eigenvalue weighted by atomic mass is 35.5. The summed E-state index contributed by atoms with van der Waals surface area (Å²) in [7, 11) is 0. The van der Waals surface area contributed by atoms with Gasteiger partial charge < -0.3 is 5.32 Å². The van der Waals surface area contributed by atoms with Gasteiger partial charge in [-0.2, -0.15) is 4.68 Å². The van der Waals surface area contributed by atoms with Crippen LogP contribution in [0.2, 0.25) is 10.0 Å². The Morgan fingerprint density at radius 3 is 2.59 bits per heavy atom. The van der Waals surface area contributed by atoms with Gasteiger partial charge in [-0.1, -0.05) is 53.2 Å². The summed E-state index contributed by atoms with van der Waals surface area (Å²) in [6, 6.07) is 10.8. The molecule has 0 radical (unpaired) electrons. The van der Waals surface area contributed by atoms with Crippen LogP contribution in [-0.4, -0.2) is 36.8 Å². The number of anilines is 1. The monoisotopic (exact) mass is 424 g/mol. The van der Waals surface area contributed by atoms with Gasteiger partial charge in [0.2, 0.25) is 11.1 Å². The fourth-order valence-electron chi connectivity index (χ4n) is 2.16. The average Bonchev–Trinajstić information content (AvgIpc) is 3.08. The molecular formula is C15H10Cl2N6O3S. The first-order valence-corrected chi connectivity index (χ1v) is 9.10. The minimum Gasteiger partial charge on any atom is -0.320 e. The van der Waals surface area contributed by atoms with Gasteiger partial charge in [-0.05, 0) is 28.6 Å². The molecule has 2 aromatic carbocycles. The van der Waals surface area contributed by atoms with Gasteiger partial charge in [-0.25, -0.2) is 0 Å². The van der Waals surface area contributed by atoms with Gasteiger partial charge in [-0.3, -0.25) is 14.9 Å². The molecule has 0 aliphatic heterocycles. The number of nitro groups is 1. The maximum absolute atomic E-state index is 12.2. The van der Waals surface area contributed by atoms with Gasteiger partial charge >= 0.3 is 0 Å². The Hall–Kier alpha value is -2.69. The number of benzene rings is 2. The van der Waals surface area contributed by atoms with E-state index in [-0.39, 0.29) is 17.1 Å². The van der Waals surface area contributed by atoms with E-state index in [0.717, 1.165) is 11.8 Å². The lowest BCUT2D eigenvalue weighted by molar-refractivity contribution is -0.383. The van der Waals surface area contributed by atoms with Gasteiger partial charge in [0.15, 0.2) is 0 Å². The van der Waals surface area contributed by atoms with Crippen LogP contribution in [0.1, 0.15) is 0 Å². The average molecular weight is 425 g/mol. The summed E-state index contributed by atoms with van der Waals surface area (Å²) in [6.45, 7) is 0. The topological polar surface area (TPSA) is 116 Å². The molecule has 1 heterocycles. The zero-order chi connectivity index (χ0) is 19.4. The van der Waals surface area contributed by atoms with Crippen molar-refractivity contribution in [3.63, 3.8) is 0 Å².